The second-order valence-electron chi connectivity index (χ2n) is 6.60. The van der Waals surface area contributed by atoms with Crippen LogP contribution in [0.3, 0.4) is 0 Å². The molecule has 1 aromatic carbocycles. The van der Waals surface area contributed by atoms with Gasteiger partial charge in [0.25, 0.3) is 11.8 Å². The summed E-state index contributed by atoms with van der Waals surface area (Å²) in [6.45, 7) is 5.50. The minimum atomic E-state index is -0.337. The van der Waals surface area contributed by atoms with Crippen LogP contribution in [0.4, 0.5) is 5.69 Å². The monoisotopic (exact) mass is 354 g/mol. The van der Waals surface area contributed by atoms with Crippen LogP contribution in [-0.4, -0.2) is 48.9 Å². The molecule has 2 rings (SSSR count). The largest absolute Gasteiger partial charge is 0.352 e. The summed E-state index contributed by atoms with van der Waals surface area (Å²) < 4.78 is 0. The molecule has 0 radical (unpaired) electrons. The van der Waals surface area contributed by atoms with E-state index in [2.05, 4.69) is 20.5 Å². The van der Waals surface area contributed by atoms with Crippen molar-refractivity contribution in [1.29, 1.82) is 0 Å². The normalized spacial score (nSPS) is 10.7. The first-order chi connectivity index (χ1) is 12.4. The van der Waals surface area contributed by atoms with Crippen LogP contribution in [0.5, 0.6) is 0 Å². The Balaban J connectivity index is 1.99. The zero-order valence-corrected chi connectivity index (χ0v) is 15.8. The van der Waals surface area contributed by atoms with Gasteiger partial charge in [0.1, 0.15) is 5.69 Å². The Morgan fingerprint density at radius 2 is 1.81 bits per heavy atom. The molecular weight excluding hydrogens is 328 g/mol. The quantitative estimate of drug-likeness (QED) is 0.750. The molecule has 2 amide bonds. The zero-order chi connectivity index (χ0) is 19.1. The van der Waals surface area contributed by atoms with Gasteiger partial charge in [0, 0.05) is 24.0 Å². The number of rotatable bonds is 7. The van der Waals surface area contributed by atoms with Gasteiger partial charge in [0.15, 0.2) is 0 Å². The van der Waals surface area contributed by atoms with Crippen LogP contribution >= 0.6 is 0 Å². The van der Waals surface area contributed by atoms with Crippen molar-refractivity contribution in [1.82, 2.24) is 15.2 Å². The van der Waals surface area contributed by atoms with E-state index in [0.717, 1.165) is 24.1 Å². The molecule has 0 unspecified atom stereocenters. The molecule has 1 heterocycles. The number of pyridine rings is 1. The van der Waals surface area contributed by atoms with Crippen LogP contribution in [0, 0.1) is 13.8 Å². The van der Waals surface area contributed by atoms with Crippen LogP contribution < -0.4 is 10.6 Å². The third-order valence-corrected chi connectivity index (χ3v) is 4.09. The van der Waals surface area contributed by atoms with Crippen molar-refractivity contribution in [3.63, 3.8) is 0 Å². The van der Waals surface area contributed by atoms with E-state index in [0.29, 0.717) is 17.8 Å². The van der Waals surface area contributed by atoms with E-state index in [1.165, 1.54) is 12.3 Å². The molecule has 6 heteroatoms. The van der Waals surface area contributed by atoms with Gasteiger partial charge >= 0.3 is 0 Å². The maximum atomic E-state index is 12.4. The molecule has 2 N–H and O–H groups in total. The molecule has 0 aliphatic carbocycles. The average Bonchev–Trinajstić information content (AvgIpc) is 2.61. The zero-order valence-electron chi connectivity index (χ0n) is 15.8. The van der Waals surface area contributed by atoms with Gasteiger partial charge in [-0.25, -0.2) is 0 Å². The summed E-state index contributed by atoms with van der Waals surface area (Å²) in [5.41, 5.74) is 3.60. The topological polar surface area (TPSA) is 74.3 Å². The van der Waals surface area contributed by atoms with Crippen molar-refractivity contribution in [2.45, 2.75) is 20.3 Å². The van der Waals surface area contributed by atoms with E-state index >= 15 is 0 Å². The second-order valence-corrected chi connectivity index (χ2v) is 6.60. The number of nitrogens with zero attached hydrogens (tertiary/aromatic N) is 2. The van der Waals surface area contributed by atoms with Crippen LogP contribution in [-0.2, 0) is 0 Å². The highest BCUT2D eigenvalue weighted by Crippen LogP contribution is 2.15. The molecule has 0 fully saturated rings. The summed E-state index contributed by atoms with van der Waals surface area (Å²) in [6, 6.07) is 8.83. The van der Waals surface area contributed by atoms with Crippen molar-refractivity contribution < 1.29 is 9.59 Å². The number of nitrogens with one attached hydrogen (secondary N) is 2. The minimum Gasteiger partial charge on any atom is -0.352 e. The molecular formula is C20H26N4O2. The van der Waals surface area contributed by atoms with Gasteiger partial charge in [-0.15, -0.1) is 0 Å². The Morgan fingerprint density at radius 3 is 2.50 bits per heavy atom. The molecule has 1 aromatic heterocycles. The lowest BCUT2D eigenvalue weighted by atomic mass is 10.1. The van der Waals surface area contributed by atoms with Crippen molar-refractivity contribution in [2.24, 2.45) is 0 Å². The number of benzene rings is 1. The molecule has 0 bridgehead atoms. The number of aryl methyl sites for hydroxylation is 2. The maximum Gasteiger partial charge on any atom is 0.274 e. The van der Waals surface area contributed by atoms with Gasteiger partial charge in [-0.05, 0) is 76.3 Å². The highest BCUT2D eigenvalue weighted by atomic mass is 16.2. The van der Waals surface area contributed by atoms with Crippen LogP contribution in [0.2, 0.25) is 0 Å². The van der Waals surface area contributed by atoms with E-state index in [4.69, 9.17) is 0 Å². The number of carbonyl (C=O) groups excluding carboxylic acids is 2. The molecule has 0 atom stereocenters. The fourth-order valence-electron chi connectivity index (χ4n) is 2.41. The molecule has 0 spiro atoms. The summed E-state index contributed by atoms with van der Waals surface area (Å²) in [5, 5.41) is 5.68. The van der Waals surface area contributed by atoms with E-state index in [1.807, 2.05) is 46.1 Å². The van der Waals surface area contributed by atoms with E-state index in [1.54, 1.807) is 6.07 Å². The Morgan fingerprint density at radius 1 is 1.04 bits per heavy atom. The third-order valence-electron chi connectivity index (χ3n) is 4.09. The number of anilines is 1. The summed E-state index contributed by atoms with van der Waals surface area (Å²) >= 11 is 0. The lowest BCUT2D eigenvalue weighted by molar-refractivity contribution is 0.0952. The molecule has 26 heavy (non-hydrogen) atoms. The van der Waals surface area contributed by atoms with E-state index in [-0.39, 0.29) is 17.5 Å². The SMILES string of the molecule is Cc1ccc(NC(=O)c2cc(C(=O)NCCCN(C)C)ccn2)cc1C. The number of carbonyl (C=O) groups is 2. The molecule has 0 aliphatic rings. The average molecular weight is 354 g/mol. The fraction of sp³-hybridized carbons (Fsp3) is 0.350. The Labute approximate surface area is 154 Å². The highest BCUT2D eigenvalue weighted by molar-refractivity contribution is 6.04. The Hall–Kier alpha value is -2.73. The van der Waals surface area contributed by atoms with Crippen LogP contribution in [0.1, 0.15) is 38.4 Å². The standard InChI is InChI=1S/C20H26N4O2/c1-14-6-7-17(12-15(14)2)23-20(26)18-13-16(8-10-21-18)19(25)22-9-5-11-24(3)4/h6-8,10,12-13H,5,9,11H2,1-4H3,(H,22,25)(H,23,26). The van der Waals surface area contributed by atoms with Gasteiger partial charge in [0.05, 0.1) is 0 Å². The molecule has 0 aliphatic heterocycles. The molecule has 138 valence electrons. The summed E-state index contributed by atoms with van der Waals surface area (Å²) in [5.74, 6) is -0.540. The Bertz CT molecular complexity index is 787. The molecule has 6 nitrogen and oxygen atoms in total. The summed E-state index contributed by atoms with van der Waals surface area (Å²) in [6.07, 6.45) is 2.34. The first kappa shape index (κ1) is 19.6. The molecule has 0 saturated carbocycles. The van der Waals surface area contributed by atoms with Gasteiger partial charge in [0.2, 0.25) is 0 Å². The van der Waals surface area contributed by atoms with Crippen molar-refractivity contribution in [2.75, 3.05) is 32.5 Å². The number of aromatic nitrogens is 1. The number of hydrogen-bond acceptors (Lipinski definition) is 4. The predicted octanol–water partition coefficient (Wildman–Crippen LogP) is 2.63. The number of hydrogen-bond donors (Lipinski definition) is 2. The molecule has 2 aromatic rings. The van der Waals surface area contributed by atoms with Gasteiger partial charge < -0.3 is 15.5 Å². The first-order valence-corrected chi connectivity index (χ1v) is 8.64. The van der Waals surface area contributed by atoms with E-state index in [9.17, 15) is 9.59 Å². The van der Waals surface area contributed by atoms with E-state index < -0.39 is 0 Å². The maximum absolute atomic E-state index is 12.4. The second kappa shape index (κ2) is 9.10. The fourth-order valence-corrected chi connectivity index (χ4v) is 2.41. The summed E-state index contributed by atoms with van der Waals surface area (Å²) in [4.78, 5) is 30.8. The lowest BCUT2D eigenvalue weighted by Crippen LogP contribution is -2.27. The van der Waals surface area contributed by atoms with Gasteiger partial charge in [-0.1, -0.05) is 6.07 Å². The van der Waals surface area contributed by atoms with Gasteiger partial charge in [-0.3, -0.25) is 14.6 Å². The first-order valence-electron chi connectivity index (χ1n) is 8.64. The summed E-state index contributed by atoms with van der Waals surface area (Å²) in [7, 11) is 3.98. The smallest absolute Gasteiger partial charge is 0.274 e. The minimum absolute atomic E-state index is 0.202. The van der Waals surface area contributed by atoms with Crippen LogP contribution in [0.15, 0.2) is 36.5 Å². The van der Waals surface area contributed by atoms with Crippen molar-refractivity contribution >= 4 is 17.5 Å². The Kier molecular flexibility index (Phi) is 6.86. The molecule has 0 saturated heterocycles. The number of amides is 2. The lowest BCUT2D eigenvalue weighted by Gasteiger charge is -2.10. The van der Waals surface area contributed by atoms with Crippen molar-refractivity contribution in [3.05, 3.63) is 58.9 Å². The third kappa shape index (κ3) is 5.67. The highest BCUT2D eigenvalue weighted by Gasteiger charge is 2.12. The van der Waals surface area contributed by atoms with Crippen LogP contribution in [0.25, 0.3) is 0 Å². The van der Waals surface area contributed by atoms with Crippen molar-refractivity contribution in [3.8, 4) is 0 Å². The van der Waals surface area contributed by atoms with Gasteiger partial charge in [-0.2, -0.15) is 0 Å². The predicted molar refractivity (Wildman–Crippen MR) is 104 cm³/mol.